The third-order valence-electron chi connectivity index (χ3n) is 4.97. The van der Waals surface area contributed by atoms with Crippen molar-refractivity contribution in [3.63, 3.8) is 0 Å². The van der Waals surface area contributed by atoms with E-state index in [2.05, 4.69) is 4.74 Å². The van der Waals surface area contributed by atoms with Crippen molar-refractivity contribution in [2.75, 3.05) is 20.8 Å². The lowest BCUT2D eigenvalue weighted by atomic mass is 10.0. The van der Waals surface area contributed by atoms with Crippen LogP contribution in [-0.2, 0) is 16.0 Å². The van der Waals surface area contributed by atoms with Crippen LogP contribution in [0.5, 0.6) is 11.5 Å². The maximum atomic E-state index is 12.4. The number of ketones is 1. The summed E-state index contributed by atoms with van der Waals surface area (Å²) < 4.78 is 20.9. The number of carbonyl (C=O) groups excluding carboxylic acids is 2. The number of ether oxygens (including phenoxy) is 3. The Labute approximate surface area is 173 Å². The van der Waals surface area contributed by atoms with Crippen LogP contribution in [0.3, 0.4) is 0 Å². The van der Waals surface area contributed by atoms with Crippen LogP contribution in [0.4, 0.5) is 0 Å². The summed E-state index contributed by atoms with van der Waals surface area (Å²) in [6.45, 7) is 3.34. The molecule has 0 fully saturated rings. The minimum atomic E-state index is -0.597. The molecule has 3 rings (SSSR count). The van der Waals surface area contributed by atoms with E-state index >= 15 is 0 Å². The Hall–Kier alpha value is -3.61. The molecule has 0 N–H and O–H groups in total. The van der Waals surface area contributed by atoms with E-state index in [1.807, 2.05) is 0 Å². The molecule has 1 aromatic heterocycles. The van der Waals surface area contributed by atoms with Crippen molar-refractivity contribution in [2.45, 2.75) is 20.3 Å². The molecule has 2 aromatic carbocycles. The highest BCUT2D eigenvalue weighted by Crippen LogP contribution is 2.29. The van der Waals surface area contributed by atoms with E-state index in [-0.39, 0.29) is 24.4 Å². The van der Waals surface area contributed by atoms with Crippen molar-refractivity contribution in [2.24, 2.45) is 0 Å². The normalized spacial score (nSPS) is 10.7. The van der Waals surface area contributed by atoms with Gasteiger partial charge in [-0.3, -0.25) is 9.59 Å². The second kappa shape index (κ2) is 8.82. The van der Waals surface area contributed by atoms with Crippen LogP contribution in [0.1, 0.15) is 27.0 Å². The van der Waals surface area contributed by atoms with Crippen LogP contribution in [0.25, 0.3) is 11.0 Å². The lowest BCUT2D eigenvalue weighted by molar-refractivity contribution is -0.139. The van der Waals surface area contributed by atoms with Gasteiger partial charge in [0.05, 0.1) is 26.2 Å². The van der Waals surface area contributed by atoms with Gasteiger partial charge in [-0.05, 0) is 55.8 Å². The first kappa shape index (κ1) is 21.1. The van der Waals surface area contributed by atoms with Gasteiger partial charge in [-0.1, -0.05) is 0 Å². The SMILES string of the molecule is COC(=O)Cc1c(C)c2ccc(OCC(=O)c3ccc(OC)cc3)c(C)c2oc1=O. The van der Waals surface area contributed by atoms with Gasteiger partial charge in [-0.2, -0.15) is 0 Å². The largest absolute Gasteiger partial charge is 0.497 e. The van der Waals surface area contributed by atoms with Gasteiger partial charge in [0.2, 0.25) is 0 Å². The Morgan fingerprint density at radius 1 is 0.967 bits per heavy atom. The molecular weight excluding hydrogens is 388 g/mol. The van der Waals surface area contributed by atoms with Gasteiger partial charge in [-0.15, -0.1) is 0 Å². The summed E-state index contributed by atoms with van der Waals surface area (Å²) in [5.41, 5.74) is 1.78. The fourth-order valence-corrected chi connectivity index (χ4v) is 3.15. The highest BCUT2D eigenvalue weighted by Gasteiger charge is 2.18. The van der Waals surface area contributed by atoms with Crippen molar-refractivity contribution in [1.82, 2.24) is 0 Å². The highest BCUT2D eigenvalue weighted by atomic mass is 16.5. The predicted molar refractivity (Wildman–Crippen MR) is 110 cm³/mol. The maximum absolute atomic E-state index is 12.4. The lowest BCUT2D eigenvalue weighted by Crippen LogP contribution is -2.16. The molecule has 30 heavy (non-hydrogen) atoms. The molecule has 0 aliphatic carbocycles. The molecule has 0 aliphatic heterocycles. The summed E-state index contributed by atoms with van der Waals surface area (Å²) in [6.07, 6.45) is -0.158. The van der Waals surface area contributed by atoms with E-state index < -0.39 is 11.6 Å². The second-order valence-corrected chi connectivity index (χ2v) is 6.75. The fraction of sp³-hybridized carbons (Fsp3) is 0.261. The molecule has 0 radical (unpaired) electrons. The molecule has 1 heterocycles. The van der Waals surface area contributed by atoms with Gasteiger partial charge in [-0.25, -0.2) is 4.79 Å². The van der Waals surface area contributed by atoms with Crippen molar-refractivity contribution in [3.05, 3.63) is 69.1 Å². The minimum Gasteiger partial charge on any atom is -0.497 e. The smallest absolute Gasteiger partial charge is 0.340 e. The first-order valence-corrected chi connectivity index (χ1v) is 9.28. The molecule has 0 saturated heterocycles. The van der Waals surface area contributed by atoms with Gasteiger partial charge in [0, 0.05) is 16.5 Å². The Morgan fingerprint density at radius 2 is 1.67 bits per heavy atom. The average Bonchev–Trinajstić information content (AvgIpc) is 2.76. The summed E-state index contributed by atoms with van der Waals surface area (Å²) in [5, 5.41) is 0.694. The molecule has 0 atom stereocenters. The van der Waals surface area contributed by atoms with Gasteiger partial charge >= 0.3 is 11.6 Å². The van der Waals surface area contributed by atoms with Crippen LogP contribution in [0.2, 0.25) is 0 Å². The van der Waals surface area contributed by atoms with Gasteiger partial charge in [0.25, 0.3) is 0 Å². The minimum absolute atomic E-state index is 0.158. The summed E-state index contributed by atoms with van der Waals surface area (Å²) in [6, 6.07) is 10.2. The van der Waals surface area contributed by atoms with Crippen LogP contribution in [0.15, 0.2) is 45.6 Å². The van der Waals surface area contributed by atoms with Gasteiger partial charge < -0.3 is 18.6 Å². The van der Waals surface area contributed by atoms with Crippen LogP contribution in [0, 0.1) is 13.8 Å². The van der Waals surface area contributed by atoms with Crippen LogP contribution < -0.4 is 15.1 Å². The monoisotopic (exact) mass is 410 g/mol. The van der Waals surface area contributed by atoms with Gasteiger partial charge in [0.1, 0.15) is 17.1 Å². The first-order valence-electron chi connectivity index (χ1n) is 9.28. The Kier molecular flexibility index (Phi) is 6.20. The third-order valence-corrected chi connectivity index (χ3v) is 4.97. The number of aryl methyl sites for hydroxylation is 2. The summed E-state index contributed by atoms with van der Waals surface area (Å²) in [5.74, 6) is 0.393. The standard InChI is InChI=1S/C23H22O7/c1-13-17-9-10-20(29-12-19(24)15-5-7-16(27-3)8-6-15)14(2)22(17)30-23(26)18(13)11-21(25)28-4/h5-10H,11-12H2,1-4H3. The molecule has 0 spiro atoms. The zero-order valence-electron chi connectivity index (χ0n) is 17.2. The molecule has 7 nitrogen and oxygen atoms in total. The number of methoxy groups -OCH3 is 2. The molecule has 156 valence electrons. The van der Waals surface area contributed by atoms with E-state index in [1.165, 1.54) is 7.11 Å². The fourth-order valence-electron chi connectivity index (χ4n) is 3.15. The average molecular weight is 410 g/mol. The topological polar surface area (TPSA) is 92.0 Å². The Balaban J connectivity index is 1.86. The van der Waals surface area contributed by atoms with E-state index in [0.717, 1.165) is 0 Å². The van der Waals surface area contributed by atoms with Crippen molar-refractivity contribution in [3.8, 4) is 11.5 Å². The highest BCUT2D eigenvalue weighted by molar-refractivity contribution is 5.97. The lowest BCUT2D eigenvalue weighted by Gasteiger charge is -2.13. The molecule has 3 aromatic rings. The predicted octanol–water partition coefficient (Wildman–Crippen LogP) is 3.40. The number of fused-ring (bicyclic) bond motifs is 1. The second-order valence-electron chi connectivity index (χ2n) is 6.75. The maximum Gasteiger partial charge on any atom is 0.340 e. The molecule has 0 amide bonds. The zero-order valence-corrected chi connectivity index (χ0v) is 17.2. The molecule has 0 unspecified atom stereocenters. The molecule has 0 saturated carbocycles. The summed E-state index contributed by atoms with van der Waals surface area (Å²) in [7, 11) is 2.82. The number of hydrogen-bond donors (Lipinski definition) is 0. The number of hydrogen-bond acceptors (Lipinski definition) is 7. The molecule has 0 aliphatic rings. The quantitative estimate of drug-likeness (QED) is 0.335. The van der Waals surface area contributed by atoms with Gasteiger partial charge in [0.15, 0.2) is 12.4 Å². The molecule has 7 heteroatoms. The Bertz CT molecular complexity index is 1160. The number of rotatable bonds is 7. The van der Waals surface area contributed by atoms with E-state index in [0.29, 0.717) is 39.2 Å². The number of Topliss-reactive ketones (excluding diaryl/α,β-unsaturated/α-hetero) is 1. The van der Waals surface area contributed by atoms with Crippen LogP contribution in [-0.4, -0.2) is 32.6 Å². The molecule has 0 bridgehead atoms. The Morgan fingerprint density at radius 3 is 2.30 bits per heavy atom. The van der Waals surface area contributed by atoms with E-state index in [9.17, 15) is 14.4 Å². The van der Waals surface area contributed by atoms with E-state index in [4.69, 9.17) is 13.9 Å². The van der Waals surface area contributed by atoms with Crippen molar-refractivity contribution >= 4 is 22.7 Å². The number of esters is 1. The van der Waals surface area contributed by atoms with Crippen molar-refractivity contribution < 1.29 is 28.2 Å². The van der Waals surface area contributed by atoms with Crippen LogP contribution >= 0.6 is 0 Å². The van der Waals surface area contributed by atoms with Crippen molar-refractivity contribution in [1.29, 1.82) is 0 Å². The number of benzene rings is 2. The molecular formula is C23H22O7. The first-order chi connectivity index (χ1) is 14.3. The summed E-state index contributed by atoms with van der Waals surface area (Å²) in [4.78, 5) is 36.4. The summed E-state index contributed by atoms with van der Waals surface area (Å²) >= 11 is 0. The number of carbonyl (C=O) groups is 2. The van der Waals surface area contributed by atoms with E-state index in [1.54, 1.807) is 57.4 Å². The zero-order chi connectivity index (χ0) is 21.8. The third kappa shape index (κ3) is 4.20.